The fourth-order valence-corrected chi connectivity index (χ4v) is 4.27. The van der Waals surface area contributed by atoms with Gasteiger partial charge in [-0.25, -0.2) is 4.79 Å². The van der Waals surface area contributed by atoms with Gasteiger partial charge in [-0.3, -0.25) is 9.59 Å². The lowest BCUT2D eigenvalue weighted by atomic mass is 9.96. The molecule has 3 amide bonds. The number of benzene rings is 1. The summed E-state index contributed by atoms with van der Waals surface area (Å²) in [6, 6.07) is 4.13. The molecule has 4 unspecified atom stereocenters. The lowest BCUT2D eigenvalue weighted by Crippen LogP contribution is -2.55. The van der Waals surface area contributed by atoms with E-state index in [1.165, 1.54) is 0 Å². The van der Waals surface area contributed by atoms with Crippen molar-refractivity contribution >= 4 is 30.5 Å². The summed E-state index contributed by atoms with van der Waals surface area (Å²) in [6.45, 7) is 13.9. The van der Waals surface area contributed by atoms with Gasteiger partial charge in [0.05, 0.1) is 0 Å². The number of nitrogens with one attached hydrogen (secondary N) is 2. The highest BCUT2D eigenvalue weighted by atomic mass is 32.1. The third-order valence-electron chi connectivity index (χ3n) is 5.93. The zero-order valence-corrected chi connectivity index (χ0v) is 22.5. The van der Waals surface area contributed by atoms with Crippen LogP contribution in [-0.2, 0) is 14.3 Å². The highest BCUT2D eigenvalue weighted by Crippen LogP contribution is 2.41. The van der Waals surface area contributed by atoms with Gasteiger partial charge in [0.15, 0.2) is 0 Å². The first-order valence-corrected chi connectivity index (χ1v) is 12.8. The molecule has 1 fully saturated rings. The number of amides is 3. The molecule has 4 atom stereocenters. The summed E-state index contributed by atoms with van der Waals surface area (Å²) >= 11 is 4.34. The van der Waals surface area contributed by atoms with Crippen molar-refractivity contribution < 1.29 is 19.1 Å². The predicted molar refractivity (Wildman–Crippen MR) is 138 cm³/mol. The number of ether oxygens (including phenoxy) is 1. The molecule has 0 aromatic heterocycles. The Balaban J connectivity index is 2.43. The van der Waals surface area contributed by atoms with E-state index in [9.17, 15) is 14.4 Å². The van der Waals surface area contributed by atoms with Gasteiger partial charge in [-0.1, -0.05) is 44.0 Å². The summed E-state index contributed by atoms with van der Waals surface area (Å²) in [5, 5.41) is 5.68. The van der Waals surface area contributed by atoms with Gasteiger partial charge in [0.2, 0.25) is 11.8 Å². The average Bonchev–Trinajstić information content (AvgIpc) is 3.45. The second-order valence-corrected chi connectivity index (χ2v) is 10.7. The van der Waals surface area contributed by atoms with Crippen molar-refractivity contribution in [1.29, 1.82) is 0 Å². The first kappa shape index (κ1) is 28.0. The molecule has 0 spiro atoms. The number of hydrogen-bond donors (Lipinski definition) is 3. The van der Waals surface area contributed by atoms with E-state index >= 15 is 0 Å². The van der Waals surface area contributed by atoms with Gasteiger partial charge >= 0.3 is 6.09 Å². The summed E-state index contributed by atoms with van der Waals surface area (Å²) in [6.07, 6.45) is 1.94. The van der Waals surface area contributed by atoms with E-state index in [-0.39, 0.29) is 29.5 Å². The van der Waals surface area contributed by atoms with Crippen molar-refractivity contribution in [2.45, 2.75) is 91.5 Å². The maximum atomic E-state index is 13.9. The molecule has 0 heterocycles. The van der Waals surface area contributed by atoms with E-state index in [1.54, 1.807) is 25.7 Å². The van der Waals surface area contributed by atoms with Crippen molar-refractivity contribution in [3.05, 3.63) is 34.9 Å². The Morgan fingerprint density at radius 1 is 1.24 bits per heavy atom. The number of alkyl carbamates (subject to hydrolysis) is 1. The van der Waals surface area contributed by atoms with E-state index in [4.69, 9.17) is 4.74 Å². The molecule has 1 aromatic carbocycles. The van der Waals surface area contributed by atoms with Crippen molar-refractivity contribution in [1.82, 2.24) is 15.5 Å². The van der Waals surface area contributed by atoms with Crippen LogP contribution in [0.4, 0.5) is 4.79 Å². The largest absolute Gasteiger partial charge is 0.444 e. The molecule has 2 N–H and O–H groups in total. The Kier molecular flexibility index (Phi) is 9.85. The van der Waals surface area contributed by atoms with Gasteiger partial charge in [0, 0.05) is 18.3 Å². The highest BCUT2D eigenvalue weighted by molar-refractivity contribution is 7.80. The van der Waals surface area contributed by atoms with Crippen LogP contribution in [0.1, 0.15) is 76.6 Å². The molecule has 7 nitrogen and oxygen atoms in total. The smallest absolute Gasteiger partial charge is 0.408 e. The van der Waals surface area contributed by atoms with Crippen LogP contribution < -0.4 is 10.6 Å². The van der Waals surface area contributed by atoms with E-state index < -0.39 is 23.8 Å². The summed E-state index contributed by atoms with van der Waals surface area (Å²) in [4.78, 5) is 41.5. The van der Waals surface area contributed by atoms with Gasteiger partial charge < -0.3 is 20.3 Å². The quantitative estimate of drug-likeness (QED) is 0.336. The third-order valence-corrected chi connectivity index (χ3v) is 6.29. The monoisotopic (exact) mass is 491 g/mol. The SMILES string of the molecule is CCCCNC(=O)C(c1ccc(C)cc1C)N(C(=O)C(CS)NC(=O)OC(C)(C)C)C1CC1C. The summed E-state index contributed by atoms with van der Waals surface area (Å²) in [5.74, 6) is -0.177. The van der Waals surface area contributed by atoms with Gasteiger partial charge in [-0.15, -0.1) is 0 Å². The average molecular weight is 492 g/mol. The summed E-state index contributed by atoms with van der Waals surface area (Å²) < 4.78 is 5.35. The topological polar surface area (TPSA) is 87.7 Å². The number of hydrogen-bond acceptors (Lipinski definition) is 5. The molecular formula is C26H41N3O4S. The molecule has 0 radical (unpaired) electrons. The van der Waals surface area contributed by atoms with E-state index in [0.29, 0.717) is 6.54 Å². The lowest BCUT2D eigenvalue weighted by Gasteiger charge is -2.35. The number of aryl methyl sites for hydroxylation is 2. The first-order valence-electron chi connectivity index (χ1n) is 12.2. The molecule has 8 heteroatoms. The van der Waals surface area contributed by atoms with Crippen LogP contribution in [0.25, 0.3) is 0 Å². The number of thiol groups is 1. The molecule has 34 heavy (non-hydrogen) atoms. The number of nitrogens with zero attached hydrogens (tertiary/aromatic N) is 1. The fourth-order valence-electron chi connectivity index (χ4n) is 4.02. The maximum absolute atomic E-state index is 13.9. The molecule has 1 saturated carbocycles. The van der Waals surface area contributed by atoms with E-state index in [1.807, 2.05) is 32.0 Å². The normalized spacial score (nSPS) is 19.1. The molecule has 0 aliphatic heterocycles. The Labute approximate surface area is 209 Å². The predicted octanol–water partition coefficient (Wildman–Crippen LogP) is 4.32. The van der Waals surface area contributed by atoms with Crippen LogP contribution in [0.5, 0.6) is 0 Å². The molecule has 0 saturated heterocycles. The molecule has 190 valence electrons. The molecule has 1 aliphatic carbocycles. The molecule has 0 bridgehead atoms. The molecule has 1 aromatic rings. The van der Waals surface area contributed by atoms with E-state index in [0.717, 1.165) is 36.0 Å². The van der Waals surface area contributed by atoms with Gasteiger partial charge in [-0.2, -0.15) is 12.6 Å². The number of carbonyl (C=O) groups excluding carboxylic acids is 3. The lowest BCUT2D eigenvalue weighted by molar-refractivity contribution is -0.143. The Hall–Kier alpha value is -2.22. The fraction of sp³-hybridized carbons (Fsp3) is 0.654. The Morgan fingerprint density at radius 2 is 1.88 bits per heavy atom. The standard InChI is InChI=1S/C26H41N3O4S/c1-8-9-12-27-23(30)22(19-11-10-16(2)13-17(19)3)29(21-14-18(21)4)24(31)20(15-34)28-25(32)33-26(5,6)7/h10-11,13,18,20-22,34H,8-9,12,14-15H2,1-7H3,(H,27,30)(H,28,32). The number of unbranched alkanes of at least 4 members (excludes halogenated alkanes) is 1. The number of carbonyl (C=O) groups is 3. The first-order chi connectivity index (χ1) is 15.9. The Bertz CT molecular complexity index is 883. The van der Waals surface area contributed by atoms with Gasteiger partial charge in [0.25, 0.3) is 0 Å². The van der Waals surface area contributed by atoms with E-state index in [2.05, 4.69) is 37.1 Å². The van der Waals surface area contributed by atoms with Crippen molar-refractivity contribution in [3.8, 4) is 0 Å². The minimum Gasteiger partial charge on any atom is -0.444 e. The second-order valence-electron chi connectivity index (χ2n) is 10.3. The van der Waals surface area contributed by atoms with Crippen LogP contribution in [0.3, 0.4) is 0 Å². The molecule has 1 aliphatic rings. The summed E-state index contributed by atoms with van der Waals surface area (Å²) in [7, 11) is 0. The van der Waals surface area contributed by atoms with Crippen LogP contribution >= 0.6 is 12.6 Å². The third kappa shape index (κ3) is 7.65. The van der Waals surface area contributed by atoms with Crippen molar-refractivity contribution in [3.63, 3.8) is 0 Å². The van der Waals surface area contributed by atoms with Crippen LogP contribution in [0, 0.1) is 19.8 Å². The highest BCUT2D eigenvalue weighted by Gasteiger charge is 2.48. The van der Waals surface area contributed by atoms with Gasteiger partial charge in [-0.05, 0) is 64.5 Å². The summed E-state index contributed by atoms with van der Waals surface area (Å²) in [5.41, 5.74) is 2.13. The zero-order chi connectivity index (χ0) is 25.6. The van der Waals surface area contributed by atoms with Crippen molar-refractivity contribution in [2.75, 3.05) is 12.3 Å². The molecular weight excluding hydrogens is 450 g/mol. The molecule has 2 rings (SSSR count). The minimum absolute atomic E-state index is 0.0852. The maximum Gasteiger partial charge on any atom is 0.408 e. The van der Waals surface area contributed by atoms with Crippen LogP contribution in [0.15, 0.2) is 18.2 Å². The zero-order valence-electron chi connectivity index (χ0n) is 21.6. The second kappa shape index (κ2) is 12.0. The van der Waals surface area contributed by atoms with Gasteiger partial charge in [0.1, 0.15) is 17.7 Å². The number of rotatable bonds is 10. The van der Waals surface area contributed by atoms with Crippen LogP contribution in [-0.4, -0.2) is 52.8 Å². The van der Waals surface area contributed by atoms with Crippen LogP contribution in [0.2, 0.25) is 0 Å². The Morgan fingerprint density at radius 3 is 2.38 bits per heavy atom. The van der Waals surface area contributed by atoms with Crippen molar-refractivity contribution in [2.24, 2.45) is 5.92 Å². The minimum atomic E-state index is -0.914.